The Hall–Kier alpha value is -2.37. The highest BCUT2D eigenvalue weighted by molar-refractivity contribution is 5.96. The van der Waals surface area contributed by atoms with E-state index < -0.39 is 0 Å². The third kappa shape index (κ3) is 2.99. The lowest BCUT2D eigenvalue weighted by molar-refractivity contribution is 0.00396. The number of aryl methyl sites for hydroxylation is 1. The summed E-state index contributed by atoms with van der Waals surface area (Å²) in [6.45, 7) is 3.86. The molecule has 1 amide bonds. The number of piperidine rings is 1. The Balaban J connectivity index is 1.68. The van der Waals surface area contributed by atoms with Crippen molar-refractivity contribution >= 4 is 5.91 Å². The quantitative estimate of drug-likeness (QED) is 0.856. The standard InChI is InChI=1S/C23H28N2O3/c1-15-14-16(27-2)8-9-17(15)22(26)25-20-18-6-4-5-7-19(18)23(21(20)28-3)10-12-24-13-11-23/h4-9,14,20-21,24H,10-13H2,1-3H3,(H,25,26)/t20-,21+/m1/s1. The largest absolute Gasteiger partial charge is 0.497 e. The maximum absolute atomic E-state index is 13.1. The van der Waals surface area contributed by atoms with Crippen LogP contribution in [0.5, 0.6) is 5.75 Å². The molecule has 1 heterocycles. The Labute approximate surface area is 166 Å². The highest BCUT2D eigenvalue weighted by Gasteiger charge is 2.53. The van der Waals surface area contributed by atoms with Crippen LogP contribution in [0.15, 0.2) is 42.5 Å². The summed E-state index contributed by atoms with van der Waals surface area (Å²) < 4.78 is 11.3. The van der Waals surface area contributed by atoms with Crippen molar-refractivity contribution in [1.82, 2.24) is 10.6 Å². The Morgan fingerprint density at radius 1 is 1.14 bits per heavy atom. The van der Waals surface area contributed by atoms with Crippen LogP contribution in [0.25, 0.3) is 0 Å². The Morgan fingerprint density at radius 2 is 1.89 bits per heavy atom. The van der Waals surface area contributed by atoms with E-state index in [1.165, 1.54) is 11.1 Å². The van der Waals surface area contributed by atoms with Gasteiger partial charge in [0.15, 0.2) is 0 Å². The maximum atomic E-state index is 13.1. The first-order valence-corrected chi connectivity index (χ1v) is 9.89. The van der Waals surface area contributed by atoms with Gasteiger partial charge in [-0.3, -0.25) is 4.79 Å². The summed E-state index contributed by atoms with van der Waals surface area (Å²) in [4.78, 5) is 13.1. The van der Waals surface area contributed by atoms with Crippen LogP contribution >= 0.6 is 0 Å². The summed E-state index contributed by atoms with van der Waals surface area (Å²) in [7, 11) is 3.39. The molecule has 1 aliphatic carbocycles. The molecule has 1 aliphatic heterocycles. The summed E-state index contributed by atoms with van der Waals surface area (Å²) in [5.41, 5.74) is 4.01. The lowest BCUT2D eigenvalue weighted by atomic mass is 9.72. The van der Waals surface area contributed by atoms with Crippen molar-refractivity contribution in [2.24, 2.45) is 0 Å². The van der Waals surface area contributed by atoms with E-state index >= 15 is 0 Å². The molecule has 2 atom stereocenters. The van der Waals surface area contributed by atoms with E-state index in [1.807, 2.05) is 31.2 Å². The zero-order valence-corrected chi connectivity index (χ0v) is 16.7. The zero-order chi connectivity index (χ0) is 19.7. The van der Waals surface area contributed by atoms with Gasteiger partial charge in [0, 0.05) is 18.1 Å². The van der Waals surface area contributed by atoms with Gasteiger partial charge in [-0.05, 0) is 67.7 Å². The van der Waals surface area contributed by atoms with E-state index in [-0.39, 0.29) is 23.5 Å². The molecule has 148 valence electrons. The van der Waals surface area contributed by atoms with Crippen LogP contribution in [0.2, 0.25) is 0 Å². The number of fused-ring (bicyclic) bond motifs is 2. The highest BCUT2D eigenvalue weighted by Crippen LogP contribution is 2.51. The molecule has 2 aromatic carbocycles. The van der Waals surface area contributed by atoms with Crippen LogP contribution < -0.4 is 15.4 Å². The third-order valence-corrected chi connectivity index (χ3v) is 6.39. The Morgan fingerprint density at radius 3 is 2.57 bits per heavy atom. The number of benzene rings is 2. The van der Waals surface area contributed by atoms with Crippen LogP contribution in [0.3, 0.4) is 0 Å². The topological polar surface area (TPSA) is 59.6 Å². The molecule has 0 aromatic heterocycles. The van der Waals surface area contributed by atoms with E-state index in [9.17, 15) is 4.79 Å². The Bertz CT molecular complexity index is 874. The summed E-state index contributed by atoms with van der Waals surface area (Å²) >= 11 is 0. The maximum Gasteiger partial charge on any atom is 0.252 e. The molecule has 5 nitrogen and oxygen atoms in total. The van der Waals surface area contributed by atoms with Crippen molar-refractivity contribution < 1.29 is 14.3 Å². The molecule has 0 radical (unpaired) electrons. The zero-order valence-electron chi connectivity index (χ0n) is 16.7. The van der Waals surface area contributed by atoms with E-state index in [0.717, 1.165) is 37.2 Å². The van der Waals surface area contributed by atoms with Crippen LogP contribution in [0.1, 0.15) is 45.9 Å². The lowest BCUT2D eigenvalue weighted by Crippen LogP contribution is -2.49. The van der Waals surface area contributed by atoms with Gasteiger partial charge >= 0.3 is 0 Å². The van der Waals surface area contributed by atoms with Gasteiger partial charge in [0.2, 0.25) is 0 Å². The van der Waals surface area contributed by atoms with Crippen LogP contribution in [-0.4, -0.2) is 39.3 Å². The van der Waals surface area contributed by atoms with Crippen molar-refractivity contribution in [1.29, 1.82) is 0 Å². The summed E-state index contributed by atoms with van der Waals surface area (Å²) in [6, 6.07) is 13.9. The molecule has 0 unspecified atom stereocenters. The smallest absolute Gasteiger partial charge is 0.252 e. The van der Waals surface area contributed by atoms with Crippen molar-refractivity contribution in [2.75, 3.05) is 27.3 Å². The second kappa shape index (κ2) is 7.57. The third-order valence-electron chi connectivity index (χ3n) is 6.39. The van der Waals surface area contributed by atoms with Crippen molar-refractivity contribution in [3.63, 3.8) is 0 Å². The second-order valence-corrected chi connectivity index (χ2v) is 7.78. The first-order valence-electron chi connectivity index (χ1n) is 9.89. The molecular weight excluding hydrogens is 352 g/mol. The van der Waals surface area contributed by atoms with Gasteiger partial charge in [-0.15, -0.1) is 0 Å². The number of carbonyl (C=O) groups is 1. The van der Waals surface area contributed by atoms with E-state index in [0.29, 0.717) is 5.56 Å². The summed E-state index contributed by atoms with van der Waals surface area (Å²) in [5, 5.41) is 6.73. The minimum Gasteiger partial charge on any atom is -0.497 e. The van der Waals surface area contributed by atoms with E-state index in [4.69, 9.17) is 9.47 Å². The van der Waals surface area contributed by atoms with Gasteiger partial charge in [0.05, 0.1) is 19.3 Å². The summed E-state index contributed by atoms with van der Waals surface area (Å²) in [6.07, 6.45) is 1.95. The second-order valence-electron chi connectivity index (χ2n) is 7.78. The average molecular weight is 380 g/mol. The number of amides is 1. The number of hydrogen-bond acceptors (Lipinski definition) is 4. The van der Waals surface area contributed by atoms with Crippen molar-refractivity contribution in [3.05, 3.63) is 64.7 Å². The molecule has 28 heavy (non-hydrogen) atoms. The molecule has 2 N–H and O–H groups in total. The number of methoxy groups -OCH3 is 2. The number of ether oxygens (including phenoxy) is 2. The van der Waals surface area contributed by atoms with Crippen LogP contribution in [0.4, 0.5) is 0 Å². The van der Waals surface area contributed by atoms with Gasteiger partial charge in [-0.2, -0.15) is 0 Å². The SMILES string of the molecule is COc1ccc(C(=O)N[C@@H]2c3ccccc3C3(CCNCC3)[C@H]2OC)c(C)c1. The fourth-order valence-electron chi connectivity index (χ4n) is 5.04. The van der Waals surface area contributed by atoms with Gasteiger partial charge in [-0.1, -0.05) is 24.3 Å². The molecule has 1 spiro atoms. The van der Waals surface area contributed by atoms with Crippen molar-refractivity contribution in [3.8, 4) is 5.75 Å². The molecular formula is C23H28N2O3. The molecule has 4 rings (SSSR count). The van der Waals surface area contributed by atoms with E-state index in [1.54, 1.807) is 14.2 Å². The Kier molecular flexibility index (Phi) is 5.13. The monoisotopic (exact) mass is 380 g/mol. The molecule has 0 bridgehead atoms. The fraction of sp³-hybridized carbons (Fsp3) is 0.435. The molecule has 2 aromatic rings. The molecule has 2 aliphatic rings. The number of nitrogens with one attached hydrogen (secondary N) is 2. The van der Waals surface area contributed by atoms with E-state index in [2.05, 4.69) is 28.8 Å². The molecule has 0 saturated carbocycles. The van der Waals surface area contributed by atoms with Gasteiger partial charge in [0.25, 0.3) is 5.91 Å². The fourth-order valence-corrected chi connectivity index (χ4v) is 5.04. The number of hydrogen-bond donors (Lipinski definition) is 2. The minimum absolute atomic E-state index is 0.0521. The number of rotatable bonds is 4. The summed E-state index contributed by atoms with van der Waals surface area (Å²) in [5.74, 6) is 0.677. The average Bonchev–Trinajstić information content (AvgIpc) is 2.97. The van der Waals surface area contributed by atoms with Gasteiger partial charge in [0.1, 0.15) is 5.75 Å². The molecule has 1 fully saturated rings. The predicted octanol–water partition coefficient (Wildman–Crippen LogP) is 3.12. The first-order chi connectivity index (χ1) is 13.6. The molecule has 5 heteroatoms. The minimum atomic E-state index is -0.159. The van der Waals surface area contributed by atoms with Crippen molar-refractivity contribution in [2.45, 2.75) is 37.3 Å². The normalized spacial score (nSPS) is 22.7. The van der Waals surface area contributed by atoms with Crippen LogP contribution in [-0.2, 0) is 10.2 Å². The first kappa shape index (κ1) is 19.0. The van der Waals surface area contributed by atoms with Crippen LogP contribution in [0, 0.1) is 6.92 Å². The number of carbonyl (C=O) groups excluding carboxylic acids is 1. The predicted molar refractivity (Wildman–Crippen MR) is 109 cm³/mol. The lowest BCUT2D eigenvalue weighted by Gasteiger charge is -2.40. The molecule has 1 saturated heterocycles. The highest BCUT2D eigenvalue weighted by atomic mass is 16.5. The van der Waals surface area contributed by atoms with Gasteiger partial charge < -0.3 is 20.1 Å². The van der Waals surface area contributed by atoms with Gasteiger partial charge in [-0.25, -0.2) is 0 Å².